The fourth-order valence-electron chi connectivity index (χ4n) is 1.81. The van der Waals surface area contributed by atoms with E-state index in [-0.39, 0.29) is 13.2 Å². The van der Waals surface area contributed by atoms with Gasteiger partial charge >= 0.3 is 11.9 Å². The predicted molar refractivity (Wildman–Crippen MR) is 64.8 cm³/mol. The Balaban J connectivity index is 1.96. The zero-order valence-corrected chi connectivity index (χ0v) is 10.6. The number of amides is 2. The molecule has 0 bridgehead atoms. The number of benzene rings is 1. The molecule has 0 fully saturated rings. The summed E-state index contributed by atoms with van der Waals surface area (Å²) in [6.07, 6.45) is 0. The minimum Gasteiger partial charge on any atom is -0.461 e. The smallest absolute Gasteiger partial charge is 0.417 e. The summed E-state index contributed by atoms with van der Waals surface area (Å²) in [7, 11) is 1.05. The highest BCUT2D eigenvalue weighted by Crippen LogP contribution is 2.21. The van der Waals surface area contributed by atoms with Crippen molar-refractivity contribution in [2.24, 2.45) is 0 Å². The first-order valence-electron chi connectivity index (χ1n) is 5.76. The quantitative estimate of drug-likeness (QED) is 0.439. The second-order valence-electron chi connectivity index (χ2n) is 3.94. The number of ether oxygens (including phenoxy) is 2. The predicted octanol–water partition coefficient (Wildman–Crippen LogP) is -0.00120. The van der Waals surface area contributed by atoms with Crippen molar-refractivity contribution in [3.8, 4) is 0 Å². The number of nitrogens with zero attached hydrogens (tertiary/aromatic N) is 1. The van der Waals surface area contributed by atoms with Crippen LogP contribution in [0.5, 0.6) is 0 Å². The fourth-order valence-corrected chi connectivity index (χ4v) is 1.81. The summed E-state index contributed by atoms with van der Waals surface area (Å²) in [6.45, 7) is -0.380. The number of carbonyl (C=O) groups is 4. The average molecular weight is 277 g/mol. The van der Waals surface area contributed by atoms with Gasteiger partial charge in [0, 0.05) is 0 Å². The maximum atomic E-state index is 11.9. The van der Waals surface area contributed by atoms with Gasteiger partial charge in [-0.1, -0.05) is 12.1 Å². The van der Waals surface area contributed by atoms with Crippen LogP contribution in [0.15, 0.2) is 24.3 Å². The molecule has 7 heteroatoms. The number of imide groups is 1. The normalized spacial score (nSPS) is 13.2. The number of hydrogen-bond acceptors (Lipinski definition) is 6. The molecule has 104 valence electrons. The molecule has 1 aliphatic heterocycles. The highest BCUT2D eigenvalue weighted by atomic mass is 16.6. The second kappa shape index (κ2) is 5.52. The van der Waals surface area contributed by atoms with E-state index in [2.05, 4.69) is 9.47 Å². The van der Waals surface area contributed by atoms with Gasteiger partial charge in [-0.3, -0.25) is 14.5 Å². The molecule has 2 amide bonds. The third-order valence-corrected chi connectivity index (χ3v) is 2.78. The second-order valence-corrected chi connectivity index (χ2v) is 3.94. The molecule has 1 aromatic carbocycles. The summed E-state index contributed by atoms with van der Waals surface area (Å²) < 4.78 is 8.76. The lowest BCUT2D eigenvalue weighted by Crippen LogP contribution is -2.34. The maximum absolute atomic E-state index is 11.9. The van der Waals surface area contributed by atoms with Crippen molar-refractivity contribution >= 4 is 23.8 Å². The molecule has 20 heavy (non-hydrogen) atoms. The van der Waals surface area contributed by atoms with E-state index >= 15 is 0 Å². The van der Waals surface area contributed by atoms with E-state index in [4.69, 9.17) is 0 Å². The van der Waals surface area contributed by atoms with E-state index in [1.807, 2.05) is 0 Å². The van der Waals surface area contributed by atoms with Crippen molar-refractivity contribution < 1.29 is 28.7 Å². The van der Waals surface area contributed by atoms with Gasteiger partial charge in [0.1, 0.15) is 6.61 Å². The molecular formula is C13H11NO6. The van der Waals surface area contributed by atoms with E-state index in [9.17, 15) is 19.2 Å². The number of hydrogen-bond donors (Lipinski definition) is 0. The van der Waals surface area contributed by atoms with Crippen molar-refractivity contribution in [2.75, 3.05) is 20.3 Å². The van der Waals surface area contributed by atoms with E-state index in [0.717, 1.165) is 12.0 Å². The van der Waals surface area contributed by atoms with Crippen LogP contribution >= 0.6 is 0 Å². The largest absolute Gasteiger partial charge is 0.461 e. The fraction of sp³-hybridized carbons (Fsp3) is 0.231. The Morgan fingerprint density at radius 3 is 2.10 bits per heavy atom. The third kappa shape index (κ3) is 2.37. The highest BCUT2D eigenvalue weighted by Gasteiger charge is 2.34. The van der Waals surface area contributed by atoms with Gasteiger partial charge in [0.05, 0.1) is 24.8 Å². The first kappa shape index (κ1) is 13.7. The summed E-state index contributed by atoms with van der Waals surface area (Å²) in [5.41, 5.74) is 0.633. The SMILES string of the molecule is COC(=O)C(=O)OCCN1C(=O)c2ccccc2C1=O. The van der Waals surface area contributed by atoms with Gasteiger partial charge in [-0.2, -0.15) is 0 Å². The van der Waals surface area contributed by atoms with Crippen molar-refractivity contribution in [1.82, 2.24) is 4.90 Å². The zero-order chi connectivity index (χ0) is 14.7. The maximum Gasteiger partial charge on any atom is 0.417 e. The number of methoxy groups -OCH3 is 1. The van der Waals surface area contributed by atoms with Gasteiger partial charge in [-0.15, -0.1) is 0 Å². The molecule has 0 aliphatic carbocycles. The Labute approximate surface area is 114 Å². The summed E-state index contributed by atoms with van der Waals surface area (Å²) in [6, 6.07) is 6.42. The Kier molecular flexibility index (Phi) is 3.79. The van der Waals surface area contributed by atoms with Crippen LogP contribution in [0, 0.1) is 0 Å². The number of carbonyl (C=O) groups excluding carboxylic acids is 4. The van der Waals surface area contributed by atoms with E-state index < -0.39 is 23.8 Å². The Morgan fingerprint density at radius 1 is 1.05 bits per heavy atom. The summed E-state index contributed by atoms with van der Waals surface area (Å²) in [4.78, 5) is 46.7. The first-order valence-corrected chi connectivity index (χ1v) is 5.76. The molecule has 1 aliphatic rings. The van der Waals surface area contributed by atoms with Crippen molar-refractivity contribution in [2.45, 2.75) is 0 Å². The molecule has 0 saturated carbocycles. The lowest BCUT2D eigenvalue weighted by Gasteiger charge is -2.13. The summed E-state index contributed by atoms with van der Waals surface area (Å²) in [5, 5.41) is 0. The molecule has 0 radical (unpaired) electrons. The standard InChI is InChI=1S/C13H11NO6/c1-19-12(17)13(18)20-7-6-14-10(15)8-4-2-3-5-9(8)11(14)16/h2-5H,6-7H2,1H3. The van der Waals surface area contributed by atoms with Gasteiger partial charge in [-0.25, -0.2) is 9.59 Å². The van der Waals surface area contributed by atoms with Crippen LogP contribution in [-0.4, -0.2) is 48.9 Å². The molecule has 1 aromatic rings. The number of fused-ring (bicyclic) bond motifs is 1. The summed E-state index contributed by atoms with van der Waals surface area (Å²) in [5.74, 6) is -3.18. The minimum absolute atomic E-state index is 0.116. The monoisotopic (exact) mass is 277 g/mol. The van der Waals surface area contributed by atoms with Gasteiger partial charge in [0.2, 0.25) is 0 Å². The molecule has 0 N–H and O–H groups in total. The Morgan fingerprint density at radius 2 is 1.60 bits per heavy atom. The molecule has 0 spiro atoms. The van der Waals surface area contributed by atoms with Crippen LogP contribution in [0.4, 0.5) is 0 Å². The number of esters is 2. The van der Waals surface area contributed by atoms with Crippen molar-refractivity contribution in [1.29, 1.82) is 0 Å². The van der Waals surface area contributed by atoms with Crippen molar-refractivity contribution in [3.05, 3.63) is 35.4 Å². The van der Waals surface area contributed by atoms with Crippen LogP contribution in [0.2, 0.25) is 0 Å². The van der Waals surface area contributed by atoms with Crippen LogP contribution in [0.3, 0.4) is 0 Å². The Hall–Kier alpha value is -2.70. The van der Waals surface area contributed by atoms with Gasteiger partial charge in [0.15, 0.2) is 0 Å². The van der Waals surface area contributed by atoms with E-state index in [1.54, 1.807) is 24.3 Å². The van der Waals surface area contributed by atoms with Crippen LogP contribution in [-0.2, 0) is 19.1 Å². The van der Waals surface area contributed by atoms with Crippen molar-refractivity contribution in [3.63, 3.8) is 0 Å². The average Bonchev–Trinajstić information content (AvgIpc) is 2.71. The van der Waals surface area contributed by atoms with Crippen LogP contribution in [0.1, 0.15) is 20.7 Å². The molecule has 2 rings (SSSR count). The third-order valence-electron chi connectivity index (χ3n) is 2.78. The van der Waals surface area contributed by atoms with Gasteiger partial charge < -0.3 is 9.47 Å². The molecule has 0 aromatic heterocycles. The Bertz CT molecular complexity index is 559. The molecule has 0 saturated heterocycles. The summed E-state index contributed by atoms with van der Waals surface area (Å²) >= 11 is 0. The highest BCUT2D eigenvalue weighted by molar-refractivity contribution is 6.29. The number of rotatable bonds is 3. The molecular weight excluding hydrogens is 266 g/mol. The lowest BCUT2D eigenvalue weighted by molar-refractivity contribution is -0.165. The molecule has 0 unspecified atom stereocenters. The van der Waals surface area contributed by atoms with E-state index in [0.29, 0.717) is 11.1 Å². The van der Waals surface area contributed by atoms with Gasteiger partial charge in [0.25, 0.3) is 11.8 Å². The minimum atomic E-state index is -1.16. The van der Waals surface area contributed by atoms with Crippen LogP contribution in [0.25, 0.3) is 0 Å². The molecule has 7 nitrogen and oxygen atoms in total. The molecule has 1 heterocycles. The van der Waals surface area contributed by atoms with E-state index in [1.165, 1.54) is 0 Å². The van der Waals surface area contributed by atoms with Crippen LogP contribution < -0.4 is 0 Å². The zero-order valence-electron chi connectivity index (χ0n) is 10.6. The first-order chi connectivity index (χ1) is 9.56. The lowest BCUT2D eigenvalue weighted by atomic mass is 10.1. The topological polar surface area (TPSA) is 90.0 Å². The van der Waals surface area contributed by atoms with Gasteiger partial charge in [-0.05, 0) is 12.1 Å². The molecule has 0 atom stereocenters.